The van der Waals surface area contributed by atoms with Gasteiger partial charge in [-0.05, 0) is 157 Å². The van der Waals surface area contributed by atoms with Crippen molar-refractivity contribution in [2.45, 2.75) is 259 Å². The van der Waals surface area contributed by atoms with Crippen molar-refractivity contribution in [3.05, 3.63) is 80.5 Å². The first kappa shape index (κ1) is 70.6. The fourth-order valence-electron chi connectivity index (χ4n) is 8.85. The molecule has 4 rings (SSSR count). The predicted octanol–water partition coefficient (Wildman–Crippen LogP) is 16.2. The lowest BCUT2D eigenvalue weighted by Gasteiger charge is -2.41. The summed E-state index contributed by atoms with van der Waals surface area (Å²) in [6, 6.07) is 12.5. The summed E-state index contributed by atoms with van der Waals surface area (Å²) in [6.07, 6.45) is 5.97. The second-order valence-electron chi connectivity index (χ2n) is 26.4. The van der Waals surface area contributed by atoms with Gasteiger partial charge >= 0.3 is 11.9 Å². The van der Waals surface area contributed by atoms with E-state index in [1.165, 1.54) is 0 Å². The standard InChI is InChI=1S/C47H75IO7Si2.C16H30O5Si/c1-17-23-36(34(6)29-41(55-57(15,16)46(10,11)12)47(40(18-2)54-47)44(49)50-19-3)26-27-51-43-38(32-53-56(13,14)45(7,8)9)42(37(28-33(4)5)30-39(43)48)52-31-35-24-21-20-22-25-35;1-8-12-16(20-12,14(18)19-9-2)13(10-11-17)21-22(6,7)15(3,4)5/h20-22,24-26,30,33,40-41H,6,17-19,23,27-29,31-32H2,1-5,7-16H3;11-13H,8-10H2,1-7H3/b36-26+;/t40-,41+,47?;12?,13-,16-/m01/s1. The van der Waals surface area contributed by atoms with Crippen LogP contribution in [0.15, 0.2) is 60.2 Å². The Labute approximate surface area is 495 Å². The quantitative estimate of drug-likeness (QED) is 0.0184. The summed E-state index contributed by atoms with van der Waals surface area (Å²) >= 11 is 2.41. The maximum absolute atomic E-state index is 13.7. The molecule has 2 fully saturated rings. The Kier molecular flexibility index (Phi) is 26.1. The second-order valence-corrected chi connectivity index (χ2v) is 41.9. The lowest BCUT2D eigenvalue weighted by molar-refractivity contribution is -0.154. The highest BCUT2D eigenvalue weighted by Crippen LogP contribution is 2.51. The highest BCUT2D eigenvalue weighted by molar-refractivity contribution is 14.1. The van der Waals surface area contributed by atoms with E-state index in [0.29, 0.717) is 45.0 Å². The Bertz CT molecular complexity index is 2350. The minimum Gasteiger partial charge on any atom is -0.488 e. The number of ether oxygens (including phenoxy) is 6. The Morgan fingerprint density at radius 2 is 1.22 bits per heavy atom. The normalized spacial score (nSPS) is 20.6. The molecule has 2 heterocycles. The highest BCUT2D eigenvalue weighted by Gasteiger charge is 2.70. The van der Waals surface area contributed by atoms with Gasteiger partial charge in [0.25, 0.3) is 0 Å². The Morgan fingerprint density at radius 3 is 1.65 bits per heavy atom. The van der Waals surface area contributed by atoms with E-state index in [0.717, 1.165) is 68.5 Å². The van der Waals surface area contributed by atoms with Crippen molar-refractivity contribution >= 4 is 65.8 Å². The van der Waals surface area contributed by atoms with Gasteiger partial charge in [-0.15, -0.1) is 0 Å². The number of halogens is 1. The molecule has 0 N–H and O–H groups in total. The van der Waals surface area contributed by atoms with Crippen LogP contribution in [0.5, 0.6) is 11.5 Å². The summed E-state index contributed by atoms with van der Waals surface area (Å²) in [5.74, 6) is 1.33. The molecule has 16 heteroatoms. The number of hydrogen-bond acceptors (Lipinski definition) is 12. The number of epoxide rings is 2. The number of allylic oxidation sites excluding steroid dienone is 1. The van der Waals surface area contributed by atoms with Crippen LogP contribution in [0.3, 0.4) is 0 Å². The monoisotopic (exact) mass is 1260 g/mol. The number of rotatable bonds is 30. The molecule has 79 heavy (non-hydrogen) atoms. The largest absolute Gasteiger partial charge is 0.488 e. The first-order valence-corrected chi connectivity index (χ1v) is 39.0. The molecule has 0 saturated carbocycles. The molecule has 0 amide bonds. The molecular weight excluding hydrogens is 1160 g/mol. The van der Waals surface area contributed by atoms with Crippen molar-refractivity contribution in [2.75, 3.05) is 19.8 Å². The van der Waals surface area contributed by atoms with Crippen LogP contribution in [0.4, 0.5) is 0 Å². The number of esters is 2. The Morgan fingerprint density at radius 1 is 0.722 bits per heavy atom. The van der Waals surface area contributed by atoms with Crippen LogP contribution in [0.25, 0.3) is 0 Å². The highest BCUT2D eigenvalue weighted by atomic mass is 127. The summed E-state index contributed by atoms with van der Waals surface area (Å²) in [4.78, 5) is 37.2. The van der Waals surface area contributed by atoms with Crippen molar-refractivity contribution in [1.29, 1.82) is 0 Å². The molecule has 2 aliphatic heterocycles. The molecule has 448 valence electrons. The van der Waals surface area contributed by atoms with E-state index in [1.807, 2.05) is 39.0 Å². The number of carbonyl (C=O) groups excluding carboxylic acids is 3. The first-order valence-electron chi connectivity index (χ1n) is 29.2. The fraction of sp³-hybridized carbons (Fsp3) is 0.698. The SMILES string of the molecule is C=C(C[C@@H](O[Si](C)(C)C(C)(C)C)C1(C(=O)OCC)O[C@H]1CC)/C(=C/COc1c(I)cc(CC(C)C)c(OCc2ccccc2)c1CO[Si](C)(C)C(C)(C)C)CCC.CCOC(=O)[C@@]1([C@@H](CC=O)O[Si](C)(C)C(C)(C)C)OC1CC. The van der Waals surface area contributed by atoms with Crippen molar-refractivity contribution in [2.24, 2.45) is 5.92 Å². The zero-order chi connectivity index (χ0) is 60.2. The third-order valence-corrected chi connectivity index (χ3v) is 31.0. The van der Waals surface area contributed by atoms with Gasteiger partial charge in [0.15, 0.2) is 25.0 Å². The molecule has 2 saturated heterocycles. The van der Waals surface area contributed by atoms with E-state index in [-0.39, 0.29) is 52.9 Å². The van der Waals surface area contributed by atoms with Crippen molar-refractivity contribution < 1.29 is 56.1 Å². The van der Waals surface area contributed by atoms with Crippen LogP contribution in [0, 0.1) is 9.49 Å². The van der Waals surface area contributed by atoms with Crippen molar-refractivity contribution in [3.8, 4) is 11.5 Å². The molecule has 0 radical (unpaired) electrons. The third kappa shape index (κ3) is 18.2. The van der Waals surface area contributed by atoms with E-state index in [2.05, 4.69) is 176 Å². The van der Waals surface area contributed by atoms with Crippen LogP contribution in [-0.2, 0) is 66.2 Å². The molecule has 2 aromatic carbocycles. The van der Waals surface area contributed by atoms with E-state index in [9.17, 15) is 14.4 Å². The summed E-state index contributed by atoms with van der Waals surface area (Å²) in [5.41, 5.74) is 3.00. The summed E-state index contributed by atoms with van der Waals surface area (Å²) in [5, 5.41) is -0.0340. The van der Waals surface area contributed by atoms with E-state index < -0.39 is 54.3 Å². The molecule has 0 spiro atoms. The van der Waals surface area contributed by atoms with Crippen LogP contribution in [-0.4, -0.2) is 98.6 Å². The minimum absolute atomic E-state index is 0.0133. The van der Waals surface area contributed by atoms with Gasteiger partial charge in [-0.3, -0.25) is 0 Å². The van der Waals surface area contributed by atoms with E-state index >= 15 is 0 Å². The summed E-state index contributed by atoms with van der Waals surface area (Å²) in [6.45, 7) is 53.7. The van der Waals surface area contributed by atoms with Gasteiger partial charge in [-0.1, -0.05) is 140 Å². The maximum Gasteiger partial charge on any atom is 0.343 e. The summed E-state index contributed by atoms with van der Waals surface area (Å²) < 4.78 is 57.8. The first-order chi connectivity index (χ1) is 36.5. The number of benzene rings is 2. The molecule has 0 aromatic heterocycles. The zero-order valence-corrected chi connectivity index (χ0v) is 58.1. The molecular formula is C63H105IO12Si3. The predicted molar refractivity (Wildman–Crippen MR) is 337 cm³/mol. The average Bonchev–Trinajstić information content (AvgIpc) is 4.39. The Balaban J connectivity index is 0.000000621. The zero-order valence-electron chi connectivity index (χ0n) is 53.0. The molecule has 12 nitrogen and oxygen atoms in total. The van der Waals surface area contributed by atoms with Gasteiger partial charge < -0.3 is 46.5 Å². The van der Waals surface area contributed by atoms with E-state index in [1.54, 1.807) is 6.92 Å². The summed E-state index contributed by atoms with van der Waals surface area (Å²) in [7, 11) is -6.59. The molecule has 0 aliphatic carbocycles. The van der Waals surface area contributed by atoms with Gasteiger partial charge in [-0.2, -0.15) is 0 Å². The number of hydrogen-bond donors (Lipinski definition) is 0. The maximum atomic E-state index is 13.7. The third-order valence-electron chi connectivity index (χ3n) is 16.8. The van der Waals surface area contributed by atoms with Gasteiger partial charge in [0.1, 0.15) is 43.2 Å². The van der Waals surface area contributed by atoms with Crippen LogP contribution < -0.4 is 9.47 Å². The van der Waals surface area contributed by atoms with Crippen LogP contribution in [0.1, 0.15) is 166 Å². The van der Waals surface area contributed by atoms with Crippen molar-refractivity contribution in [1.82, 2.24) is 0 Å². The molecule has 0 bridgehead atoms. The average molecular weight is 1270 g/mol. The van der Waals surface area contributed by atoms with Crippen LogP contribution >= 0.6 is 22.6 Å². The van der Waals surface area contributed by atoms with Gasteiger partial charge in [0.05, 0.1) is 41.2 Å². The molecule has 6 atom stereocenters. The lowest BCUT2D eigenvalue weighted by Crippen LogP contribution is -2.52. The minimum atomic E-state index is -2.33. The van der Waals surface area contributed by atoms with Gasteiger partial charge in [-0.25, -0.2) is 9.59 Å². The topological polar surface area (TPSA) is 141 Å². The van der Waals surface area contributed by atoms with Gasteiger partial charge in [0, 0.05) is 12.8 Å². The Hall–Kier alpha value is -2.69. The molecule has 2 aliphatic rings. The van der Waals surface area contributed by atoms with Crippen molar-refractivity contribution in [3.63, 3.8) is 0 Å². The second kappa shape index (κ2) is 29.2. The molecule has 2 aromatic rings. The number of aldehydes is 1. The lowest BCUT2D eigenvalue weighted by atomic mass is 9.89. The van der Waals surface area contributed by atoms with Crippen LogP contribution in [0.2, 0.25) is 54.4 Å². The fourth-order valence-corrected chi connectivity index (χ4v) is 13.3. The van der Waals surface area contributed by atoms with E-state index in [4.69, 9.17) is 41.7 Å². The molecule has 2 unspecified atom stereocenters. The smallest absolute Gasteiger partial charge is 0.343 e. The number of carbonyl (C=O) groups is 3. The van der Waals surface area contributed by atoms with Gasteiger partial charge in [0.2, 0.25) is 11.2 Å².